The van der Waals surface area contributed by atoms with Crippen LogP contribution < -0.4 is 5.32 Å². The molecule has 0 radical (unpaired) electrons. The minimum Gasteiger partial charge on any atom is -0.463 e. The summed E-state index contributed by atoms with van der Waals surface area (Å²) in [6.07, 6.45) is 5.86. The lowest BCUT2D eigenvalue weighted by atomic mass is 9.83. The summed E-state index contributed by atoms with van der Waals surface area (Å²) in [5.41, 5.74) is 3.76. The highest BCUT2D eigenvalue weighted by Crippen LogP contribution is 2.43. The molecule has 1 N–H and O–H groups in total. The molecule has 1 aliphatic rings. The number of carbonyl (C=O) groups is 2. The van der Waals surface area contributed by atoms with Crippen molar-refractivity contribution in [3.8, 4) is 22.9 Å². The predicted molar refractivity (Wildman–Crippen MR) is 161 cm³/mol. The fourth-order valence-corrected chi connectivity index (χ4v) is 7.12. The largest absolute Gasteiger partial charge is 0.463 e. The minimum atomic E-state index is -0.389. The summed E-state index contributed by atoms with van der Waals surface area (Å²) in [5, 5.41) is 12.5. The summed E-state index contributed by atoms with van der Waals surface area (Å²) in [4.78, 5) is 31.8. The van der Waals surface area contributed by atoms with E-state index in [1.54, 1.807) is 43.7 Å². The van der Waals surface area contributed by atoms with E-state index in [1.165, 1.54) is 28.7 Å². The van der Waals surface area contributed by atoms with Crippen LogP contribution in [0, 0.1) is 0 Å². The highest BCUT2D eigenvalue weighted by molar-refractivity contribution is 7.99. The van der Waals surface area contributed by atoms with Gasteiger partial charge in [-0.3, -0.25) is 4.79 Å². The average molecular weight is 601 g/mol. The van der Waals surface area contributed by atoms with E-state index in [0.29, 0.717) is 50.3 Å². The molecule has 1 unspecified atom stereocenters. The van der Waals surface area contributed by atoms with Crippen LogP contribution in [-0.2, 0) is 22.4 Å². The molecule has 6 rings (SSSR count). The van der Waals surface area contributed by atoms with Gasteiger partial charge in [-0.2, -0.15) is 0 Å². The molecule has 1 atom stereocenters. The number of hydrogen-bond acceptors (Lipinski definition) is 10. The van der Waals surface area contributed by atoms with Gasteiger partial charge in [-0.1, -0.05) is 42.1 Å². The van der Waals surface area contributed by atoms with Crippen molar-refractivity contribution in [1.29, 1.82) is 0 Å². The third-order valence-corrected chi connectivity index (χ3v) is 9.01. The second-order valence-electron chi connectivity index (χ2n) is 9.67. The number of benzene rings is 1. The van der Waals surface area contributed by atoms with Gasteiger partial charge in [0, 0.05) is 17.1 Å². The van der Waals surface area contributed by atoms with Crippen LogP contribution in [0.2, 0.25) is 0 Å². The molecule has 4 heterocycles. The van der Waals surface area contributed by atoms with E-state index in [0.717, 1.165) is 29.7 Å². The van der Waals surface area contributed by atoms with Crippen molar-refractivity contribution in [3.05, 3.63) is 88.7 Å². The smallest absolute Gasteiger partial charge is 0.341 e. The second-order valence-corrected chi connectivity index (χ2v) is 11.8. The lowest BCUT2D eigenvalue weighted by Gasteiger charge is -2.23. The number of furan rings is 2. The van der Waals surface area contributed by atoms with Gasteiger partial charge in [-0.15, -0.1) is 21.5 Å². The Balaban J connectivity index is 1.14. The Morgan fingerprint density at radius 1 is 1.02 bits per heavy atom. The van der Waals surface area contributed by atoms with Crippen LogP contribution in [0.15, 0.2) is 81.1 Å². The fraction of sp³-hybridized carbons (Fsp3) is 0.258. The number of nitrogens with one attached hydrogen (secondary N) is 1. The molecule has 0 saturated carbocycles. The first-order valence-electron chi connectivity index (χ1n) is 13.7. The van der Waals surface area contributed by atoms with Crippen molar-refractivity contribution < 1.29 is 23.2 Å². The summed E-state index contributed by atoms with van der Waals surface area (Å²) in [5.74, 6) is 1.28. The topological polar surface area (TPSA) is 120 Å². The number of thioether (sulfide) groups is 1. The van der Waals surface area contributed by atoms with Crippen LogP contribution in [0.25, 0.3) is 22.9 Å². The number of aromatic nitrogens is 3. The van der Waals surface area contributed by atoms with Crippen LogP contribution in [0.4, 0.5) is 5.00 Å². The Morgan fingerprint density at radius 3 is 2.50 bits per heavy atom. The number of ether oxygens (including phenoxy) is 1. The number of carbonyl (C=O) groups excluding carboxylic acids is 2. The highest BCUT2D eigenvalue weighted by Gasteiger charge is 2.31. The maximum Gasteiger partial charge on any atom is 0.341 e. The van der Waals surface area contributed by atoms with Gasteiger partial charge in [0.05, 0.1) is 24.7 Å². The quantitative estimate of drug-likeness (QED) is 0.133. The van der Waals surface area contributed by atoms with Crippen LogP contribution in [0.1, 0.15) is 52.0 Å². The Kier molecular flexibility index (Phi) is 8.47. The van der Waals surface area contributed by atoms with Gasteiger partial charge in [0.25, 0.3) is 0 Å². The van der Waals surface area contributed by atoms with Crippen LogP contribution in [0.5, 0.6) is 0 Å². The lowest BCUT2D eigenvalue weighted by Crippen LogP contribution is -2.17. The Morgan fingerprint density at radius 2 is 1.79 bits per heavy atom. The van der Waals surface area contributed by atoms with Gasteiger partial charge < -0.3 is 18.9 Å². The first-order valence-corrected chi connectivity index (χ1v) is 15.5. The van der Waals surface area contributed by atoms with E-state index in [-0.39, 0.29) is 24.9 Å². The summed E-state index contributed by atoms with van der Waals surface area (Å²) in [6, 6.07) is 17.5. The SMILES string of the molecule is CCOC(=O)c1c(NC(=O)CCSc2nnc(-c3ccco3)c(-c3ccco3)n2)sc2c1CCC(c1ccccc1)C2. The normalized spacial score (nSPS) is 14.4. The van der Waals surface area contributed by atoms with Gasteiger partial charge in [0.2, 0.25) is 11.1 Å². The highest BCUT2D eigenvalue weighted by atomic mass is 32.2. The minimum absolute atomic E-state index is 0.196. The van der Waals surface area contributed by atoms with E-state index in [4.69, 9.17) is 13.6 Å². The molecule has 0 bridgehead atoms. The molecule has 1 aliphatic carbocycles. The zero-order chi connectivity index (χ0) is 28.9. The van der Waals surface area contributed by atoms with Crippen molar-refractivity contribution in [2.75, 3.05) is 17.7 Å². The maximum atomic E-state index is 13.0. The van der Waals surface area contributed by atoms with Crippen LogP contribution in [-0.4, -0.2) is 39.4 Å². The molecule has 42 heavy (non-hydrogen) atoms. The van der Waals surface area contributed by atoms with Crippen molar-refractivity contribution in [3.63, 3.8) is 0 Å². The monoisotopic (exact) mass is 600 g/mol. The van der Waals surface area contributed by atoms with Crippen molar-refractivity contribution in [1.82, 2.24) is 15.2 Å². The molecule has 11 heteroatoms. The van der Waals surface area contributed by atoms with Gasteiger partial charge in [0.1, 0.15) is 10.7 Å². The Hall–Kier alpha value is -4.22. The van der Waals surface area contributed by atoms with Gasteiger partial charge in [0.15, 0.2) is 17.2 Å². The molecule has 9 nitrogen and oxygen atoms in total. The van der Waals surface area contributed by atoms with Gasteiger partial charge in [-0.05, 0) is 67.5 Å². The lowest BCUT2D eigenvalue weighted by molar-refractivity contribution is -0.115. The molecular formula is C31H28N4O5S2. The zero-order valence-corrected chi connectivity index (χ0v) is 24.5. The van der Waals surface area contributed by atoms with E-state index >= 15 is 0 Å². The van der Waals surface area contributed by atoms with Gasteiger partial charge in [-0.25, -0.2) is 9.78 Å². The van der Waals surface area contributed by atoms with Gasteiger partial charge >= 0.3 is 5.97 Å². The van der Waals surface area contributed by atoms with E-state index < -0.39 is 0 Å². The number of thiophene rings is 1. The maximum absolute atomic E-state index is 13.0. The Bertz CT molecular complexity index is 1670. The summed E-state index contributed by atoms with van der Waals surface area (Å²) >= 11 is 2.79. The van der Waals surface area contributed by atoms with Crippen molar-refractivity contribution in [2.45, 2.75) is 43.7 Å². The number of amides is 1. The summed E-state index contributed by atoms with van der Waals surface area (Å²) < 4.78 is 16.4. The number of nitrogens with zero attached hydrogens (tertiary/aromatic N) is 3. The van der Waals surface area contributed by atoms with Crippen molar-refractivity contribution in [2.24, 2.45) is 0 Å². The molecule has 0 saturated heterocycles. The van der Waals surface area contributed by atoms with E-state index in [1.807, 2.05) is 6.07 Å². The van der Waals surface area contributed by atoms with Crippen LogP contribution >= 0.6 is 23.1 Å². The molecule has 0 spiro atoms. The molecule has 0 fully saturated rings. The third kappa shape index (κ3) is 6.02. The van der Waals surface area contributed by atoms with E-state index in [2.05, 4.69) is 44.8 Å². The zero-order valence-electron chi connectivity index (χ0n) is 22.9. The molecule has 5 aromatic rings. The number of fused-ring (bicyclic) bond motifs is 1. The van der Waals surface area contributed by atoms with Crippen molar-refractivity contribution >= 4 is 40.0 Å². The third-order valence-electron chi connectivity index (χ3n) is 7.01. The number of hydrogen-bond donors (Lipinski definition) is 1. The second kappa shape index (κ2) is 12.7. The standard InChI is InChI=1S/C31H28N4O5S2/c1-2-38-30(37)26-21-13-12-20(19-8-4-3-5-9-19)18-24(21)42-29(26)32-25(36)14-17-41-31-33-27(22-10-6-15-39-22)28(34-35-31)23-11-7-16-40-23/h3-11,15-16,20H,2,12-14,17-18H2,1H3,(H,32,36). The molecular weight excluding hydrogens is 572 g/mol. The predicted octanol–water partition coefficient (Wildman–Crippen LogP) is 7.02. The van der Waals surface area contributed by atoms with E-state index in [9.17, 15) is 9.59 Å². The summed E-state index contributed by atoms with van der Waals surface area (Å²) in [6.45, 7) is 2.06. The number of anilines is 1. The molecule has 1 amide bonds. The summed E-state index contributed by atoms with van der Waals surface area (Å²) in [7, 11) is 0. The molecule has 1 aromatic carbocycles. The first kappa shape index (κ1) is 27.9. The Labute approximate surface area is 250 Å². The number of esters is 1. The number of rotatable bonds is 10. The first-order chi connectivity index (χ1) is 20.6. The molecule has 4 aromatic heterocycles. The molecule has 214 valence electrons. The average Bonchev–Trinajstić information content (AvgIpc) is 3.79. The fourth-order valence-electron chi connectivity index (χ4n) is 5.06. The van der Waals surface area contributed by atoms with Crippen LogP contribution in [0.3, 0.4) is 0 Å². The molecule has 0 aliphatic heterocycles.